The van der Waals surface area contributed by atoms with Gasteiger partial charge >= 0.3 is 0 Å². The van der Waals surface area contributed by atoms with Crippen molar-refractivity contribution >= 4 is 5.84 Å². The third-order valence-corrected chi connectivity index (χ3v) is 3.69. The molecule has 6 nitrogen and oxygen atoms in total. The second-order valence-electron chi connectivity index (χ2n) is 4.85. The molecule has 1 fully saturated rings. The van der Waals surface area contributed by atoms with Gasteiger partial charge in [0.15, 0.2) is 0 Å². The van der Waals surface area contributed by atoms with Gasteiger partial charge in [-0.2, -0.15) is 0 Å². The Bertz CT molecular complexity index is 406. The van der Waals surface area contributed by atoms with Crippen molar-refractivity contribution in [3.05, 3.63) is 18.2 Å². The summed E-state index contributed by atoms with van der Waals surface area (Å²) in [5.41, 5.74) is 5.63. The largest absolute Gasteiger partial charge is 0.409 e. The van der Waals surface area contributed by atoms with Crippen LogP contribution in [0.2, 0.25) is 0 Å². The highest BCUT2D eigenvalue weighted by atomic mass is 16.4. The number of hydrogen-bond acceptors (Lipinski definition) is 4. The van der Waals surface area contributed by atoms with E-state index >= 15 is 0 Å². The molecule has 3 N–H and O–H groups in total. The van der Waals surface area contributed by atoms with E-state index < -0.39 is 0 Å². The van der Waals surface area contributed by atoms with Crippen LogP contribution in [0.25, 0.3) is 0 Å². The van der Waals surface area contributed by atoms with Crippen molar-refractivity contribution in [1.29, 1.82) is 0 Å². The van der Waals surface area contributed by atoms with E-state index in [-0.39, 0.29) is 5.92 Å². The summed E-state index contributed by atoms with van der Waals surface area (Å²) in [6.45, 7) is 3.03. The van der Waals surface area contributed by atoms with Gasteiger partial charge in [0, 0.05) is 38.3 Å². The van der Waals surface area contributed by atoms with Crippen LogP contribution in [-0.2, 0) is 13.5 Å². The predicted octanol–water partition coefficient (Wildman–Crippen LogP) is 0.421. The van der Waals surface area contributed by atoms with Crippen LogP contribution in [-0.4, -0.2) is 45.1 Å². The van der Waals surface area contributed by atoms with E-state index in [1.54, 1.807) is 0 Å². The van der Waals surface area contributed by atoms with Crippen LogP contribution in [0.5, 0.6) is 0 Å². The van der Waals surface area contributed by atoms with Crippen molar-refractivity contribution in [2.45, 2.75) is 19.3 Å². The Kier molecular flexibility index (Phi) is 4.19. The van der Waals surface area contributed by atoms with Gasteiger partial charge in [-0.15, -0.1) is 0 Å². The first-order valence-corrected chi connectivity index (χ1v) is 6.36. The monoisotopic (exact) mass is 251 g/mol. The van der Waals surface area contributed by atoms with Crippen molar-refractivity contribution in [3.63, 3.8) is 0 Å². The van der Waals surface area contributed by atoms with Crippen molar-refractivity contribution in [1.82, 2.24) is 14.5 Å². The Hall–Kier alpha value is -1.56. The first kappa shape index (κ1) is 12.9. The average Bonchev–Trinajstić information content (AvgIpc) is 2.81. The van der Waals surface area contributed by atoms with E-state index in [4.69, 9.17) is 10.9 Å². The predicted molar refractivity (Wildman–Crippen MR) is 69.5 cm³/mol. The summed E-state index contributed by atoms with van der Waals surface area (Å²) in [6, 6.07) is 0. The van der Waals surface area contributed by atoms with Crippen molar-refractivity contribution in [2.75, 3.05) is 19.6 Å². The van der Waals surface area contributed by atoms with E-state index in [9.17, 15) is 0 Å². The van der Waals surface area contributed by atoms with Crippen LogP contribution in [0.3, 0.4) is 0 Å². The molecule has 6 heteroatoms. The first-order chi connectivity index (χ1) is 8.70. The van der Waals surface area contributed by atoms with Crippen molar-refractivity contribution in [3.8, 4) is 0 Å². The van der Waals surface area contributed by atoms with Crippen LogP contribution in [0.15, 0.2) is 17.5 Å². The molecule has 1 saturated heterocycles. The third kappa shape index (κ3) is 3.01. The number of hydrogen-bond donors (Lipinski definition) is 2. The quantitative estimate of drug-likeness (QED) is 0.352. The van der Waals surface area contributed by atoms with Crippen molar-refractivity contribution in [2.24, 2.45) is 23.9 Å². The fourth-order valence-corrected chi connectivity index (χ4v) is 2.43. The third-order valence-electron chi connectivity index (χ3n) is 3.69. The molecule has 0 aromatic carbocycles. The Morgan fingerprint density at radius 1 is 1.56 bits per heavy atom. The highest BCUT2D eigenvalue weighted by Gasteiger charge is 2.22. The number of nitrogens with zero attached hydrogens (tertiary/aromatic N) is 4. The molecule has 18 heavy (non-hydrogen) atoms. The van der Waals surface area contributed by atoms with E-state index in [1.165, 1.54) is 0 Å². The lowest BCUT2D eigenvalue weighted by atomic mass is 9.96. The van der Waals surface area contributed by atoms with Gasteiger partial charge in [-0.3, -0.25) is 0 Å². The molecule has 100 valence electrons. The highest BCUT2D eigenvalue weighted by molar-refractivity contribution is 5.82. The number of aromatic nitrogens is 2. The molecule has 0 saturated carbocycles. The van der Waals surface area contributed by atoms with Crippen LogP contribution < -0.4 is 5.73 Å². The number of aryl methyl sites for hydroxylation is 1. The molecular formula is C12H21N5O. The summed E-state index contributed by atoms with van der Waals surface area (Å²) in [4.78, 5) is 6.73. The van der Waals surface area contributed by atoms with Gasteiger partial charge in [-0.25, -0.2) is 4.98 Å². The molecule has 2 heterocycles. The number of piperidine rings is 1. The van der Waals surface area contributed by atoms with Gasteiger partial charge in [-0.05, 0) is 25.9 Å². The molecule has 0 atom stereocenters. The molecule has 0 amide bonds. The molecule has 0 aliphatic carbocycles. The van der Waals surface area contributed by atoms with E-state index in [1.807, 2.05) is 19.4 Å². The summed E-state index contributed by atoms with van der Waals surface area (Å²) in [5, 5.41) is 11.7. The van der Waals surface area contributed by atoms with Crippen LogP contribution in [0, 0.1) is 5.92 Å². The van der Waals surface area contributed by atoms with Gasteiger partial charge in [0.2, 0.25) is 0 Å². The second kappa shape index (κ2) is 5.86. The summed E-state index contributed by atoms with van der Waals surface area (Å²) in [6.07, 6.45) is 6.71. The van der Waals surface area contributed by atoms with Crippen molar-refractivity contribution < 1.29 is 5.21 Å². The Morgan fingerprint density at radius 3 is 2.83 bits per heavy atom. The summed E-state index contributed by atoms with van der Waals surface area (Å²) < 4.78 is 2.06. The maximum atomic E-state index is 8.65. The molecule has 0 bridgehead atoms. The number of rotatable bonds is 4. The van der Waals surface area contributed by atoms with Crippen LogP contribution in [0.4, 0.5) is 0 Å². The molecule has 1 aliphatic rings. The fourth-order valence-electron chi connectivity index (χ4n) is 2.43. The SMILES string of the molecule is Cn1ccnc1CCN1CCC(/C(N)=N/O)CC1. The lowest BCUT2D eigenvalue weighted by Crippen LogP contribution is -2.39. The number of imidazole rings is 1. The standard InChI is InChI=1S/C12H21N5O/c1-16-9-5-14-11(16)4-8-17-6-2-10(3-7-17)12(13)15-18/h5,9-10,18H,2-4,6-8H2,1H3,(H2,13,15). The zero-order valence-electron chi connectivity index (χ0n) is 10.8. The smallest absolute Gasteiger partial charge is 0.142 e. The molecule has 0 unspecified atom stereocenters. The van der Waals surface area contributed by atoms with E-state index in [0.29, 0.717) is 5.84 Å². The van der Waals surface area contributed by atoms with Crippen LogP contribution in [0.1, 0.15) is 18.7 Å². The van der Waals surface area contributed by atoms with E-state index in [2.05, 4.69) is 19.6 Å². The number of oxime groups is 1. The molecule has 2 rings (SSSR count). The zero-order valence-corrected chi connectivity index (χ0v) is 10.8. The normalized spacial score (nSPS) is 19.3. The maximum absolute atomic E-state index is 8.65. The molecule has 1 aromatic rings. The van der Waals surface area contributed by atoms with Gasteiger partial charge in [0.05, 0.1) is 0 Å². The first-order valence-electron chi connectivity index (χ1n) is 6.36. The summed E-state index contributed by atoms with van der Waals surface area (Å²) in [7, 11) is 2.02. The number of nitrogens with two attached hydrogens (primary N) is 1. The topological polar surface area (TPSA) is 79.7 Å². The Balaban J connectivity index is 1.76. The average molecular weight is 251 g/mol. The zero-order chi connectivity index (χ0) is 13.0. The minimum atomic E-state index is 0.236. The minimum absolute atomic E-state index is 0.236. The molecule has 0 spiro atoms. The Labute approximate surface area is 107 Å². The lowest BCUT2D eigenvalue weighted by Gasteiger charge is -2.31. The van der Waals surface area contributed by atoms with E-state index in [0.717, 1.165) is 44.7 Å². The second-order valence-corrected chi connectivity index (χ2v) is 4.85. The fraction of sp³-hybridized carbons (Fsp3) is 0.667. The highest BCUT2D eigenvalue weighted by Crippen LogP contribution is 2.17. The van der Waals surface area contributed by atoms with Gasteiger partial charge in [-0.1, -0.05) is 5.16 Å². The molecule has 1 aliphatic heterocycles. The molecule has 1 aromatic heterocycles. The van der Waals surface area contributed by atoms with Crippen LogP contribution >= 0.6 is 0 Å². The minimum Gasteiger partial charge on any atom is -0.409 e. The summed E-state index contributed by atoms with van der Waals surface area (Å²) in [5.74, 6) is 1.73. The van der Waals surface area contributed by atoms with Gasteiger partial charge in [0.25, 0.3) is 0 Å². The molecule has 0 radical (unpaired) electrons. The number of amidine groups is 1. The maximum Gasteiger partial charge on any atom is 0.142 e. The Morgan fingerprint density at radius 2 is 2.28 bits per heavy atom. The lowest BCUT2D eigenvalue weighted by molar-refractivity contribution is 0.206. The van der Waals surface area contributed by atoms with Gasteiger partial charge in [0.1, 0.15) is 11.7 Å². The summed E-state index contributed by atoms with van der Waals surface area (Å²) >= 11 is 0. The number of likely N-dealkylation sites (tertiary alicyclic amines) is 1. The van der Waals surface area contributed by atoms with Gasteiger partial charge < -0.3 is 20.4 Å². The molecular weight excluding hydrogens is 230 g/mol.